The maximum absolute atomic E-state index is 13.6. The molecular weight excluding hydrogens is 424 g/mol. The van der Waals surface area contributed by atoms with Gasteiger partial charge < -0.3 is 10.2 Å². The van der Waals surface area contributed by atoms with E-state index in [-0.39, 0.29) is 17.9 Å². The van der Waals surface area contributed by atoms with Crippen LogP contribution in [0.3, 0.4) is 0 Å². The van der Waals surface area contributed by atoms with Gasteiger partial charge in [-0.3, -0.25) is 9.59 Å². The molecule has 3 aromatic rings. The molecule has 162 valence electrons. The Morgan fingerprint density at radius 1 is 1.00 bits per heavy atom. The first-order chi connectivity index (χ1) is 15.2. The van der Waals surface area contributed by atoms with Gasteiger partial charge in [0.1, 0.15) is 6.04 Å². The molecule has 1 fully saturated rings. The van der Waals surface area contributed by atoms with Crippen molar-refractivity contribution in [3.8, 4) is 0 Å². The average Bonchev–Trinajstić information content (AvgIpc) is 3.49. The molecule has 1 unspecified atom stereocenters. The lowest BCUT2D eigenvalue weighted by Crippen LogP contribution is -2.47. The summed E-state index contributed by atoms with van der Waals surface area (Å²) in [5.74, 6) is -0.104. The first-order valence-corrected chi connectivity index (χ1v) is 12.7. The van der Waals surface area contributed by atoms with Gasteiger partial charge in [-0.25, -0.2) is 0 Å². The van der Waals surface area contributed by atoms with Crippen LogP contribution in [0.1, 0.15) is 54.1 Å². The van der Waals surface area contributed by atoms with E-state index in [1.54, 1.807) is 27.6 Å². The van der Waals surface area contributed by atoms with Gasteiger partial charge in [0, 0.05) is 10.9 Å². The zero-order valence-corrected chi connectivity index (χ0v) is 19.2. The van der Waals surface area contributed by atoms with Crippen LogP contribution in [0.5, 0.6) is 0 Å². The highest BCUT2D eigenvalue weighted by Gasteiger charge is 2.33. The Morgan fingerprint density at radius 3 is 2.48 bits per heavy atom. The lowest BCUT2D eigenvalue weighted by atomic mass is 9.94. The predicted molar refractivity (Wildman–Crippen MR) is 127 cm³/mol. The Kier molecular flexibility index (Phi) is 7.54. The van der Waals surface area contributed by atoms with Crippen molar-refractivity contribution in [2.24, 2.45) is 0 Å². The second kappa shape index (κ2) is 10.7. The summed E-state index contributed by atoms with van der Waals surface area (Å²) in [6.45, 7) is 0.429. The second-order valence-corrected chi connectivity index (χ2v) is 9.88. The molecule has 1 atom stereocenters. The van der Waals surface area contributed by atoms with Gasteiger partial charge in [0.15, 0.2) is 0 Å². The van der Waals surface area contributed by atoms with E-state index in [0.717, 1.165) is 41.7 Å². The average molecular weight is 453 g/mol. The number of nitrogens with one attached hydrogen (secondary N) is 1. The van der Waals surface area contributed by atoms with E-state index in [0.29, 0.717) is 13.0 Å². The minimum Gasteiger partial charge on any atom is -0.351 e. The van der Waals surface area contributed by atoms with E-state index < -0.39 is 6.04 Å². The number of carbonyl (C=O) groups is 2. The van der Waals surface area contributed by atoms with Gasteiger partial charge in [-0.15, -0.1) is 11.3 Å². The molecule has 2 heterocycles. The molecule has 1 N–H and O–H groups in total. The molecule has 4 nitrogen and oxygen atoms in total. The van der Waals surface area contributed by atoms with Gasteiger partial charge in [0.25, 0.3) is 0 Å². The monoisotopic (exact) mass is 452 g/mol. The Hall–Kier alpha value is -2.44. The quantitative estimate of drug-likeness (QED) is 0.486. The number of benzene rings is 1. The normalized spacial score (nSPS) is 15.4. The third kappa shape index (κ3) is 5.83. The zero-order valence-electron chi connectivity index (χ0n) is 17.5. The van der Waals surface area contributed by atoms with Gasteiger partial charge in [0.05, 0.1) is 13.0 Å². The molecule has 0 bridgehead atoms. The van der Waals surface area contributed by atoms with Crippen molar-refractivity contribution >= 4 is 34.5 Å². The van der Waals surface area contributed by atoms with E-state index in [9.17, 15) is 9.59 Å². The van der Waals surface area contributed by atoms with Crippen LogP contribution in [0.15, 0.2) is 64.7 Å². The van der Waals surface area contributed by atoms with E-state index in [2.05, 4.69) is 5.32 Å². The number of nitrogens with zero attached hydrogens (tertiary/aromatic N) is 1. The fraction of sp³-hybridized carbons (Fsp3) is 0.360. The summed E-state index contributed by atoms with van der Waals surface area (Å²) in [5.41, 5.74) is 1.84. The van der Waals surface area contributed by atoms with Crippen LogP contribution >= 0.6 is 22.7 Å². The third-order valence-electron chi connectivity index (χ3n) is 5.79. The van der Waals surface area contributed by atoms with Gasteiger partial charge in [-0.2, -0.15) is 11.3 Å². The fourth-order valence-corrected chi connectivity index (χ4v) is 5.57. The number of carbonyl (C=O) groups excluding carboxylic acids is 2. The van der Waals surface area contributed by atoms with Crippen molar-refractivity contribution in [2.75, 3.05) is 0 Å². The standard InChI is InChI=1S/C25H28N2O2S2/c28-23(16-19-13-15-30-18-19)27(17-22-12-7-14-31-22)24(20-8-3-1-4-9-20)25(29)26-21-10-5-2-6-11-21/h1,3-4,7-9,12-15,18,21,24H,2,5-6,10-11,16-17H2,(H,26,29). The number of hydrogen-bond acceptors (Lipinski definition) is 4. The Labute approximate surface area is 191 Å². The van der Waals surface area contributed by atoms with Gasteiger partial charge in [-0.1, -0.05) is 55.7 Å². The van der Waals surface area contributed by atoms with E-state index in [4.69, 9.17) is 0 Å². The molecule has 0 radical (unpaired) electrons. The summed E-state index contributed by atoms with van der Waals surface area (Å²) in [7, 11) is 0. The van der Waals surface area contributed by atoms with Crippen LogP contribution in [-0.4, -0.2) is 22.8 Å². The number of amides is 2. The molecule has 1 saturated carbocycles. The summed E-state index contributed by atoms with van der Waals surface area (Å²) in [5, 5.41) is 9.26. The van der Waals surface area contributed by atoms with Crippen molar-refractivity contribution in [1.29, 1.82) is 0 Å². The van der Waals surface area contributed by atoms with Crippen molar-refractivity contribution < 1.29 is 9.59 Å². The SMILES string of the molecule is O=C(NC1CCCCC1)C(c1ccccc1)N(Cc1cccs1)C(=O)Cc1ccsc1. The number of hydrogen-bond donors (Lipinski definition) is 1. The van der Waals surface area contributed by atoms with Crippen molar-refractivity contribution in [2.45, 2.75) is 57.2 Å². The summed E-state index contributed by atoms with van der Waals surface area (Å²) in [4.78, 5) is 29.9. The smallest absolute Gasteiger partial charge is 0.247 e. The summed E-state index contributed by atoms with van der Waals surface area (Å²) in [6.07, 6.45) is 5.86. The zero-order chi connectivity index (χ0) is 21.5. The maximum atomic E-state index is 13.6. The van der Waals surface area contributed by atoms with Crippen LogP contribution in [-0.2, 0) is 22.6 Å². The maximum Gasteiger partial charge on any atom is 0.247 e. The van der Waals surface area contributed by atoms with Gasteiger partial charge in [0.2, 0.25) is 11.8 Å². The molecule has 1 aliphatic carbocycles. The second-order valence-electron chi connectivity index (χ2n) is 8.07. The Bertz CT molecular complexity index is 949. The minimum absolute atomic E-state index is 0.0283. The number of rotatable bonds is 8. The highest BCUT2D eigenvalue weighted by Crippen LogP contribution is 2.27. The molecule has 0 spiro atoms. The molecule has 1 aliphatic rings. The molecule has 0 aliphatic heterocycles. The molecule has 31 heavy (non-hydrogen) atoms. The van der Waals surface area contributed by atoms with E-state index in [1.807, 2.05) is 64.7 Å². The molecule has 0 saturated heterocycles. The van der Waals surface area contributed by atoms with Crippen molar-refractivity contribution in [3.05, 3.63) is 80.7 Å². The molecule has 2 aromatic heterocycles. The van der Waals surface area contributed by atoms with Crippen LogP contribution in [0.25, 0.3) is 0 Å². The third-order valence-corrected chi connectivity index (χ3v) is 7.38. The van der Waals surface area contributed by atoms with Crippen molar-refractivity contribution in [3.63, 3.8) is 0 Å². The summed E-state index contributed by atoms with van der Waals surface area (Å²) in [6, 6.07) is 15.2. The first-order valence-electron chi connectivity index (χ1n) is 10.9. The van der Waals surface area contributed by atoms with Crippen LogP contribution in [0.2, 0.25) is 0 Å². The topological polar surface area (TPSA) is 49.4 Å². The van der Waals surface area contributed by atoms with Crippen LogP contribution in [0, 0.1) is 0 Å². The Balaban J connectivity index is 1.64. The van der Waals surface area contributed by atoms with Gasteiger partial charge >= 0.3 is 0 Å². The largest absolute Gasteiger partial charge is 0.351 e. The minimum atomic E-state index is -0.642. The lowest BCUT2D eigenvalue weighted by Gasteiger charge is -2.33. The van der Waals surface area contributed by atoms with Crippen molar-refractivity contribution in [1.82, 2.24) is 10.2 Å². The molecular formula is C25H28N2O2S2. The predicted octanol–water partition coefficient (Wildman–Crippen LogP) is 5.57. The van der Waals surface area contributed by atoms with Crippen LogP contribution < -0.4 is 5.32 Å². The number of thiophene rings is 2. The molecule has 1 aromatic carbocycles. The molecule has 4 rings (SSSR count). The van der Waals surface area contributed by atoms with E-state index >= 15 is 0 Å². The summed E-state index contributed by atoms with van der Waals surface area (Å²) >= 11 is 3.20. The van der Waals surface area contributed by atoms with Gasteiger partial charge in [-0.05, 0) is 52.2 Å². The molecule has 2 amide bonds. The highest BCUT2D eigenvalue weighted by molar-refractivity contribution is 7.09. The highest BCUT2D eigenvalue weighted by atomic mass is 32.1. The first kappa shape index (κ1) is 21.8. The van der Waals surface area contributed by atoms with E-state index in [1.165, 1.54) is 6.42 Å². The fourth-order valence-electron chi connectivity index (χ4n) is 4.20. The summed E-state index contributed by atoms with van der Waals surface area (Å²) < 4.78 is 0. The Morgan fingerprint density at radius 2 is 1.81 bits per heavy atom. The molecule has 6 heteroatoms. The lowest BCUT2D eigenvalue weighted by molar-refractivity contribution is -0.141. The van der Waals surface area contributed by atoms with Crippen LogP contribution in [0.4, 0.5) is 0 Å².